The van der Waals surface area contributed by atoms with E-state index in [0.29, 0.717) is 17.3 Å². The Morgan fingerprint density at radius 3 is 2.62 bits per heavy atom. The van der Waals surface area contributed by atoms with Gasteiger partial charge in [0.15, 0.2) is 16.7 Å². The van der Waals surface area contributed by atoms with E-state index in [0.717, 1.165) is 36.7 Å². The molecule has 0 bridgehead atoms. The number of hydrogen-bond donors (Lipinski definition) is 2. The summed E-state index contributed by atoms with van der Waals surface area (Å²) < 4.78 is 26.2. The molecule has 1 aliphatic heterocycles. The monoisotopic (exact) mass is 375 g/mol. The van der Waals surface area contributed by atoms with Crippen LogP contribution in [0.1, 0.15) is 25.3 Å². The summed E-state index contributed by atoms with van der Waals surface area (Å²) in [4.78, 5) is 2.43. The van der Waals surface area contributed by atoms with E-state index in [4.69, 9.17) is 12.2 Å². The number of benzene rings is 2. The van der Waals surface area contributed by atoms with Crippen LogP contribution in [-0.2, 0) is 6.54 Å². The van der Waals surface area contributed by atoms with Crippen molar-refractivity contribution in [3.05, 3.63) is 59.7 Å². The molecule has 1 saturated heterocycles. The topological polar surface area (TPSA) is 27.3 Å². The Morgan fingerprint density at radius 2 is 1.92 bits per heavy atom. The molecule has 3 rings (SSSR count). The lowest BCUT2D eigenvalue weighted by molar-refractivity contribution is 0.447. The Balaban J connectivity index is 1.51. The van der Waals surface area contributed by atoms with Crippen LogP contribution in [0.5, 0.6) is 0 Å². The molecule has 2 aromatic carbocycles. The molecule has 0 unspecified atom stereocenters. The molecular weight excluding hydrogens is 352 g/mol. The maximum absolute atomic E-state index is 13.2. The minimum atomic E-state index is -0.902. The van der Waals surface area contributed by atoms with Crippen molar-refractivity contribution in [3.8, 4) is 0 Å². The molecule has 1 atom stereocenters. The van der Waals surface area contributed by atoms with Crippen molar-refractivity contribution in [2.45, 2.75) is 26.3 Å². The van der Waals surface area contributed by atoms with Crippen LogP contribution in [0.4, 0.5) is 20.2 Å². The van der Waals surface area contributed by atoms with Crippen LogP contribution in [0.25, 0.3) is 0 Å². The molecule has 2 aromatic rings. The average molecular weight is 375 g/mol. The highest BCUT2D eigenvalue weighted by Gasteiger charge is 2.16. The van der Waals surface area contributed by atoms with E-state index in [1.165, 1.54) is 24.6 Å². The predicted octanol–water partition coefficient (Wildman–Crippen LogP) is 4.69. The van der Waals surface area contributed by atoms with Gasteiger partial charge in [-0.05, 0) is 60.8 Å². The van der Waals surface area contributed by atoms with Crippen LogP contribution in [0.2, 0.25) is 0 Å². The second kappa shape index (κ2) is 8.45. The van der Waals surface area contributed by atoms with Gasteiger partial charge in [-0.2, -0.15) is 0 Å². The minimum absolute atomic E-state index is 0.366. The fraction of sp³-hybridized carbons (Fsp3) is 0.350. The van der Waals surface area contributed by atoms with Gasteiger partial charge in [0.25, 0.3) is 0 Å². The maximum atomic E-state index is 13.2. The molecular formula is C20H23F2N3S. The van der Waals surface area contributed by atoms with E-state index in [9.17, 15) is 8.78 Å². The van der Waals surface area contributed by atoms with Crippen molar-refractivity contribution in [3.63, 3.8) is 0 Å². The summed E-state index contributed by atoms with van der Waals surface area (Å²) >= 11 is 5.21. The summed E-state index contributed by atoms with van der Waals surface area (Å²) in [7, 11) is 0. The van der Waals surface area contributed by atoms with E-state index in [2.05, 4.69) is 46.7 Å². The molecule has 0 spiro atoms. The number of piperidine rings is 1. The zero-order chi connectivity index (χ0) is 18.5. The van der Waals surface area contributed by atoms with Gasteiger partial charge >= 0.3 is 0 Å². The molecule has 1 fully saturated rings. The third kappa shape index (κ3) is 4.91. The molecule has 138 valence electrons. The number of anilines is 2. The second-order valence-electron chi connectivity index (χ2n) is 6.80. The van der Waals surface area contributed by atoms with Gasteiger partial charge in [-0.3, -0.25) is 0 Å². The van der Waals surface area contributed by atoms with Crippen LogP contribution < -0.4 is 15.5 Å². The predicted molar refractivity (Wildman–Crippen MR) is 106 cm³/mol. The lowest BCUT2D eigenvalue weighted by Crippen LogP contribution is -2.34. The number of hydrogen-bond acceptors (Lipinski definition) is 2. The van der Waals surface area contributed by atoms with Crippen LogP contribution >= 0.6 is 12.2 Å². The van der Waals surface area contributed by atoms with Crippen molar-refractivity contribution in [2.24, 2.45) is 5.92 Å². The Morgan fingerprint density at radius 1 is 1.15 bits per heavy atom. The van der Waals surface area contributed by atoms with Gasteiger partial charge in [-0.25, -0.2) is 8.78 Å². The first-order valence-electron chi connectivity index (χ1n) is 8.85. The molecule has 0 saturated carbocycles. The quantitative estimate of drug-likeness (QED) is 0.759. The molecule has 0 aliphatic carbocycles. The molecule has 1 heterocycles. The Bertz CT molecular complexity index is 764. The molecule has 6 heteroatoms. The van der Waals surface area contributed by atoms with Gasteiger partial charge in [-0.1, -0.05) is 19.1 Å². The first-order chi connectivity index (χ1) is 12.5. The summed E-state index contributed by atoms with van der Waals surface area (Å²) in [6, 6.07) is 12.0. The largest absolute Gasteiger partial charge is 0.371 e. The van der Waals surface area contributed by atoms with Crippen molar-refractivity contribution in [1.82, 2.24) is 5.32 Å². The third-order valence-corrected chi connectivity index (χ3v) is 4.84. The third-order valence-electron chi connectivity index (χ3n) is 4.59. The fourth-order valence-electron chi connectivity index (χ4n) is 3.18. The zero-order valence-corrected chi connectivity index (χ0v) is 15.6. The summed E-state index contributed by atoms with van der Waals surface area (Å²) in [5.41, 5.74) is 2.77. The highest BCUT2D eigenvalue weighted by Crippen LogP contribution is 2.23. The smallest absolute Gasteiger partial charge is 0.171 e. The minimum Gasteiger partial charge on any atom is -0.371 e. The Hall–Kier alpha value is -2.21. The van der Waals surface area contributed by atoms with Crippen LogP contribution in [0.3, 0.4) is 0 Å². The standard InChI is InChI=1S/C20H23F2N3S/c1-14-3-2-10-25(13-14)17-7-4-15(5-8-17)12-23-20(26)24-16-6-9-18(21)19(22)11-16/h4-9,11,14H,2-3,10,12-13H2,1H3,(H2,23,24,26)/t14-/m0/s1. The first kappa shape index (κ1) is 18.6. The lowest BCUT2D eigenvalue weighted by Gasteiger charge is -2.32. The van der Waals surface area contributed by atoms with Gasteiger partial charge in [0.1, 0.15) is 0 Å². The number of rotatable bonds is 4. The fourth-order valence-corrected chi connectivity index (χ4v) is 3.37. The summed E-state index contributed by atoms with van der Waals surface area (Å²) in [5, 5.41) is 6.30. The van der Waals surface area contributed by atoms with Gasteiger partial charge in [-0.15, -0.1) is 0 Å². The first-order valence-corrected chi connectivity index (χ1v) is 9.26. The van der Waals surface area contributed by atoms with Gasteiger partial charge < -0.3 is 15.5 Å². The zero-order valence-electron chi connectivity index (χ0n) is 14.8. The van der Waals surface area contributed by atoms with E-state index in [1.54, 1.807) is 0 Å². The maximum Gasteiger partial charge on any atom is 0.171 e. The Labute approximate surface area is 158 Å². The molecule has 0 amide bonds. The van der Waals surface area contributed by atoms with Crippen LogP contribution in [0, 0.1) is 17.6 Å². The van der Waals surface area contributed by atoms with E-state index < -0.39 is 11.6 Å². The SMILES string of the molecule is C[C@H]1CCCN(c2ccc(CNC(=S)Nc3ccc(F)c(F)c3)cc2)C1. The Kier molecular flexibility index (Phi) is 6.04. The van der Waals surface area contributed by atoms with E-state index >= 15 is 0 Å². The molecule has 26 heavy (non-hydrogen) atoms. The van der Waals surface area contributed by atoms with Gasteiger partial charge in [0.2, 0.25) is 0 Å². The number of nitrogens with one attached hydrogen (secondary N) is 2. The highest BCUT2D eigenvalue weighted by atomic mass is 32.1. The van der Waals surface area contributed by atoms with Crippen LogP contribution in [-0.4, -0.2) is 18.2 Å². The second-order valence-corrected chi connectivity index (χ2v) is 7.20. The average Bonchev–Trinajstić information content (AvgIpc) is 2.63. The molecule has 3 nitrogen and oxygen atoms in total. The normalized spacial score (nSPS) is 17.0. The molecule has 0 radical (unpaired) electrons. The lowest BCUT2D eigenvalue weighted by atomic mass is 9.99. The van der Waals surface area contributed by atoms with Crippen molar-refractivity contribution < 1.29 is 8.78 Å². The number of nitrogens with zero attached hydrogens (tertiary/aromatic N) is 1. The molecule has 2 N–H and O–H groups in total. The van der Waals surface area contributed by atoms with Gasteiger partial charge in [0, 0.05) is 37.1 Å². The van der Waals surface area contributed by atoms with E-state index in [1.807, 2.05) is 0 Å². The van der Waals surface area contributed by atoms with Crippen molar-refractivity contribution >= 4 is 28.7 Å². The summed E-state index contributed by atoms with van der Waals surface area (Å²) in [6.07, 6.45) is 2.55. The van der Waals surface area contributed by atoms with E-state index in [-0.39, 0.29) is 0 Å². The molecule has 0 aromatic heterocycles. The van der Waals surface area contributed by atoms with Crippen molar-refractivity contribution in [1.29, 1.82) is 0 Å². The highest BCUT2D eigenvalue weighted by molar-refractivity contribution is 7.80. The van der Waals surface area contributed by atoms with Crippen molar-refractivity contribution in [2.75, 3.05) is 23.3 Å². The summed E-state index contributed by atoms with van der Waals surface area (Å²) in [6.45, 7) is 5.08. The summed E-state index contributed by atoms with van der Waals surface area (Å²) in [5.74, 6) is -1.04. The molecule has 1 aliphatic rings. The number of halogens is 2. The number of thiocarbonyl (C=S) groups is 1. The van der Waals surface area contributed by atoms with Gasteiger partial charge in [0.05, 0.1) is 0 Å². The van der Waals surface area contributed by atoms with Crippen LogP contribution in [0.15, 0.2) is 42.5 Å².